The van der Waals surface area contributed by atoms with E-state index in [0.717, 1.165) is 12.8 Å². The first-order valence-corrected chi connectivity index (χ1v) is 6.63. The van der Waals surface area contributed by atoms with E-state index in [9.17, 15) is 4.79 Å². The Balaban J connectivity index is 2.23. The third-order valence-corrected chi connectivity index (χ3v) is 3.85. The van der Waals surface area contributed by atoms with Gasteiger partial charge in [-0.2, -0.15) is 0 Å². The van der Waals surface area contributed by atoms with Crippen LogP contribution in [-0.2, 0) is 11.2 Å². The molecule has 0 fully saturated rings. The Kier molecular flexibility index (Phi) is 3.95. The van der Waals surface area contributed by atoms with Gasteiger partial charge in [-0.25, -0.2) is 0 Å². The first-order chi connectivity index (χ1) is 8.18. The summed E-state index contributed by atoms with van der Waals surface area (Å²) in [5, 5.41) is 2.49. The van der Waals surface area contributed by atoms with Crippen LogP contribution >= 0.6 is 15.9 Å². The molecule has 17 heavy (non-hydrogen) atoms. The van der Waals surface area contributed by atoms with E-state index in [2.05, 4.69) is 40.2 Å². The van der Waals surface area contributed by atoms with Gasteiger partial charge in [0.1, 0.15) is 5.78 Å². The number of halogens is 1. The molecule has 0 aliphatic carbocycles. The van der Waals surface area contributed by atoms with Crippen molar-refractivity contribution in [1.82, 2.24) is 0 Å². The Morgan fingerprint density at radius 3 is 2.71 bits per heavy atom. The lowest BCUT2D eigenvalue weighted by atomic mass is 10.0. The molecular weight excluding hydrogens is 276 g/mol. The van der Waals surface area contributed by atoms with Crippen LogP contribution in [0.3, 0.4) is 0 Å². The lowest BCUT2D eigenvalue weighted by Gasteiger charge is -2.07. The van der Waals surface area contributed by atoms with Crippen LogP contribution in [-0.4, -0.2) is 5.78 Å². The average Bonchev–Trinajstić information content (AvgIpc) is 2.32. The number of aryl methyl sites for hydroxylation is 1. The Morgan fingerprint density at radius 1 is 1.18 bits per heavy atom. The monoisotopic (exact) mass is 290 g/mol. The number of ketones is 1. The first kappa shape index (κ1) is 12.3. The Hall–Kier alpha value is -1.15. The maximum absolute atomic E-state index is 10.9. The SMILES string of the molecule is CC(=O)CCCc1ccc2ccccc2c1Br. The number of hydrogen-bond donors (Lipinski definition) is 0. The quantitative estimate of drug-likeness (QED) is 0.809. The van der Waals surface area contributed by atoms with Gasteiger partial charge >= 0.3 is 0 Å². The number of rotatable bonds is 4. The highest BCUT2D eigenvalue weighted by atomic mass is 79.9. The zero-order chi connectivity index (χ0) is 12.3. The molecule has 2 rings (SSSR count). The average molecular weight is 291 g/mol. The van der Waals surface area contributed by atoms with Crippen LogP contribution in [0.25, 0.3) is 10.8 Å². The van der Waals surface area contributed by atoms with Crippen LogP contribution in [0.4, 0.5) is 0 Å². The van der Waals surface area contributed by atoms with Gasteiger partial charge in [0.25, 0.3) is 0 Å². The third kappa shape index (κ3) is 2.95. The fourth-order valence-electron chi connectivity index (χ4n) is 2.00. The maximum atomic E-state index is 10.9. The highest BCUT2D eigenvalue weighted by molar-refractivity contribution is 9.10. The third-order valence-electron chi connectivity index (χ3n) is 2.92. The van der Waals surface area contributed by atoms with E-state index >= 15 is 0 Å². The van der Waals surface area contributed by atoms with Crippen LogP contribution in [0.1, 0.15) is 25.3 Å². The van der Waals surface area contributed by atoms with Gasteiger partial charge in [0.2, 0.25) is 0 Å². The lowest BCUT2D eigenvalue weighted by Crippen LogP contribution is -1.93. The normalized spacial score (nSPS) is 10.7. The molecule has 0 N–H and O–H groups in total. The van der Waals surface area contributed by atoms with Gasteiger partial charge in [-0.3, -0.25) is 0 Å². The van der Waals surface area contributed by atoms with Gasteiger partial charge in [0.15, 0.2) is 0 Å². The van der Waals surface area contributed by atoms with Crippen molar-refractivity contribution in [3.63, 3.8) is 0 Å². The van der Waals surface area contributed by atoms with E-state index in [-0.39, 0.29) is 5.78 Å². The Morgan fingerprint density at radius 2 is 1.94 bits per heavy atom. The van der Waals surface area contributed by atoms with Crippen molar-refractivity contribution < 1.29 is 4.79 Å². The summed E-state index contributed by atoms with van der Waals surface area (Å²) in [4.78, 5) is 10.9. The molecule has 0 bridgehead atoms. The summed E-state index contributed by atoms with van der Waals surface area (Å²) in [5.41, 5.74) is 1.28. The summed E-state index contributed by atoms with van der Waals surface area (Å²) in [5.74, 6) is 0.266. The molecule has 0 aliphatic rings. The van der Waals surface area contributed by atoms with Crippen LogP contribution in [0.2, 0.25) is 0 Å². The van der Waals surface area contributed by atoms with Crippen molar-refractivity contribution in [3.05, 3.63) is 46.4 Å². The number of Topliss-reactive ketones (excluding diaryl/α,β-unsaturated/α-hetero) is 1. The topological polar surface area (TPSA) is 17.1 Å². The van der Waals surface area contributed by atoms with Gasteiger partial charge in [-0.05, 0) is 52.0 Å². The van der Waals surface area contributed by atoms with E-state index in [4.69, 9.17) is 0 Å². The van der Waals surface area contributed by atoms with Crippen LogP contribution in [0.15, 0.2) is 40.9 Å². The smallest absolute Gasteiger partial charge is 0.129 e. The van der Waals surface area contributed by atoms with Crippen molar-refractivity contribution in [3.8, 4) is 0 Å². The summed E-state index contributed by atoms with van der Waals surface area (Å²) in [6, 6.07) is 12.6. The molecule has 2 aromatic rings. The van der Waals surface area contributed by atoms with Crippen LogP contribution < -0.4 is 0 Å². The zero-order valence-electron chi connectivity index (χ0n) is 9.87. The Labute approximate surface area is 110 Å². The van der Waals surface area contributed by atoms with E-state index in [1.54, 1.807) is 6.92 Å². The molecule has 0 aliphatic heterocycles. The molecule has 0 atom stereocenters. The molecule has 2 aromatic carbocycles. The summed E-state index contributed by atoms with van der Waals surface area (Å²) in [7, 11) is 0. The number of hydrogen-bond acceptors (Lipinski definition) is 1. The second kappa shape index (κ2) is 5.46. The summed E-state index contributed by atoms with van der Waals surface area (Å²) in [6.45, 7) is 1.65. The molecule has 1 nitrogen and oxygen atoms in total. The van der Waals surface area contributed by atoms with Crippen molar-refractivity contribution in [2.24, 2.45) is 0 Å². The van der Waals surface area contributed by atoms with Crippen molar-refractivity contribution in [2.75, 3.05) is 0 Å². The molecule has 0 radical (unpaired) electrons. The molecule has 0 aromatic heterocycles. The largest absolute Gasteiger partial charge is 0.300 e. The highest BCUT2D eigenvalue weighted by Gasteiger charge is 2.05. The van der Waals surface area contributed by atoms with Gasteiger partial charge in [-0.15, -0.1) is 0 Å². The van der Waals surface area contributed by atoms with Crippen molar-refractivity contribution in [2.45, 2.75) is 26.2 Å². The van der Waals surface area contributed by atoms with Gasteiger partial charge < -0.3 is 4.79 Å². The van der Waals surface area contributed by atoms with Crippen molar-refractivity contribution in [1.29, 1.82) is 0 Å². The van der Waals surface area contributed by atoms with Gasteiger partial charge in [-0.1, -0.05) is 36.4 Å². The predicted molar refractivity (Wildman–Crippen MR) is 75.3 cm³/mol. The van der Waals surface area contributed by atoms with E-state index in [1.165, 1.54) is 20.8 Å². The fraction of sp³-hybridized carbons (Fsp3) is 0.267. The second-order valence-corrected chi connectivity index (χ2v) is 5.11. The van der Waals surface area contributed by atoms with Gasteiger partial charge in [0, 0.05) is 10.9 Å². The minimum atomic E-state index is 0.266. The maximum Gasteiger partial charge on any atom is 0.129 e. The van der Waals surface area contributed by atoms with E-state index in [1.807, 2.05) is 12.1 Å². The molecule has 0 saturated heterocycles. The molecule has 0 unspecified atom stereocenters. The lowest BCUT2D eigenvalue weighted by molar-refractivity contribution is -0.117. The molecule has 88 valence electrons. The van der Waals surface area contributed by atoms with E-state index in [0.29, 0.717) is 6.42 Å². The van der Waals surface area contributed by atoms with Gasteiger partial charge in [0.05, 0.1) is 0 Å². The molecule has 0 spiro atoms. The molecule has 0 saturated carbocycles. The van der Waals surface area contributed by atoms with Crippen molar-refractivity contribution >= 4 is 32.5 Å². The van der Waals surface area contributed by atoms with Crippen LogP contribution in [0, 0.1) is 0 Å². The zero-order valence-corrected chi connectivity index (χ0v) is 11.5. The highest BCUT2D eigenvalue weighted by Crippen LogP contribution is 2.28. The molecular formula is C15H15BrO. The standard InChI is InChI=1S/C15H15BrO/c1-11(17)5-4-7-13-10-9-12-6-2-3-8-14(12)15(13)16/h2-3,6,8-10H,4-5,7H2,1H3. The predicted octanol–water partition coefficient (Wildman–Crippen LogP) is 4.51. The summed E-state index contributed by atoms with van der Waals surface area (Å²) < 4.78 is 1.17. The summed E-state index contributed by atoms with van der Waals surface area (Å²) in [6.07, 6.45) is 2.54. The minimum absolute atomic E-state index is 0.266. The molecule has 0 amide bonds. The second-order valence-electron chi connectivity index (χ2n) is 4.32. The molecule has 2 heteroatoms. The van der Waals surface area contributed by atoms with E-state index < -0.39 is 0 Å². The number of fused-ring (bicyclic) bond motifs is 1. The fourth-order valence-corrected chi connectivity index (χ4v) is 2.69. The number of benzene rings is 2. The Bertz CT molecular complexity index is 546. The van der Waals surface area contributed by atoms with Crippen LogP contribution in [0.5, 0.6) is 0 Å². The summed E-state index contributed by atoms with van der Waals surface area (Å²) >= 11 is 3.66. The number of carbonyl (C=O) groups excluding carboxylic acids is 1. The number of carbonyl (C=O) groups is 1. The first-order valence-electron chi connectivity index (χ1n) is 5.84. The minimum Gasteiger partial charge on any atom is -0.300 e. The molecule has 0 heterocycles.